The van der Waals surface area contributed by atoms with Crippen molar-refractivity contribution in [3.63, 3.8) is 0 Å². The van der Waals surface area contributed by atoms with Crippen LogP contribution in [0.15, 0.2) is 35.7 Å². The van der Waals surface area contributed by atoms with Crippen LogP contribution in [0.3, 0.4) is 0 Å². The molecule has 1 aliphatic heterocycles. The zero-order valence-electron chi connectivity index (χ0n) is 23.5. The first-order valence-corrected chi connectivity index (χ1v) is 14.9. The number of thiazole rings is 1. The highest BCUT2D eigenvalue weighted by atomic mass is 32.1. The van der Waals surface area contributed by atoms with Gasteiger partial charge in [-0.15, -0.1) is 11.3 Å². The second-order valence-electron chi connectivity index (χ2n) is 11.1. The van der Waals surface area contributed by atoms with E-state index in [4.69, 9.17) is 0 Å². The third kappa shape index (κ3) is 7.96. The van der Waals surface area contributed by atoms with Gasteiger partial charge in [0.05, 0.1) is 12.1 Å². The van der Waals surface area contributed by atoms with Crippen LogP contribution in [0.2, 0.25) is 0 Å². The van der Waals surface area contributed by atoms with Gasteiger partial charge in [-0.05, 0) is 51.5 Å². The smallest absolute Gasteiger partial charge is 0.246 e. The molecule has 3 atom stereocenters. The van der Waals surface area contributed by atoms with Crippen LogP contribution in [0, 0.1) is 11.8 Å². The van der Waals surface area contributed by atoms with Crippen molar-refractivity contribution in [1.82, 2.24) is 20.5 Å². The van der Waals surface area contributed by atoms with Gasteiger partial charge in [-0.2, -0.15) is 0 Å². The molecule has 2 fully saturated rings. The standard InChI is InChI=1S/C26H34N4O3S.C4H10/c1-17(27-2)24(32)29-22(18-10-5-3-6-11-18)26(33)30-15-9-14-21(30)25-28-20(16-34-25)23(31)19-12-7-4-8-13-19;1-4(2)3/h4,7-8,12-13,16-18,21-22,27H,3,5-6,9-11,14-15H2,1-2H3,(H,29,32);4H,1-3H3/t17-,21-,22-;/m0./s1. The molecule has 38 heavy (non-hydrogen) atoms. The molecule has 7 nitrogen and oxygen atoms in total. The highest BCUT2D eigenvalue weighted by Crippen LogP contribution is 2.36. The number of aromatic nitrogens is 1. The first-order valence-electron chi connectivity index (χ1n) is 14.1. The molecular formula is C30H44N4O3S. The summed E-state index contributed by atoms with van der Waals surface area (Å²) in [5.74, 6) is 0.721. The second kappa shape index (κ2) is 14.5. The maximum Gasteiger partial charge on any atom is 0.246 e. The van der Waals surface area contributed by atoms with E-state index in [0.717, 1.165) is 49.5 Å². The number of carbonyl (C=O) groups excluding carboxylic acids is 3. The summed E-state index contributed by atoms with van der Waals surface area (Å²) < 4.78 is 0. The number of hydrogen-bond donors (Lipinski definition) is 2. The molecule has 2 heterocycles. The van der Waals surface area contributed by atoms with Gasteiger partial charge in [-0.3, -0.25) is 14.4 Å². The number of benzene rings is 1. The average molecular weight is 541 g/mol. The molecule has 2 amide bonds. The van der Waals surface area contributed by atoms with E-state index < -0.39 is 6.04 Å². The quantitative estimate of drug-likeness (QED) is 0.439. The minimum Gasteiger partial charge on any atom is -0.343 e. The summed E-state index contributed by atoms with van der Waals surface area (Å²) in [6, 6.07) is 8.10. The lowest BCUT2D eigenvalue weighted by Crippen LogP contribution is -2.55. The van der Waals surface area contributed by atoms with Gasteiger partial charge in [0.1, 0.15) is 16.7 Å². The number of carbonyl (C=O) groups is 3. The van der Waals surface area contributed by atoms with Gasteiger partial charge in [0.25, 0.3) is 0 Å². The topological polar surface area (TPSA) is 91.4 Å². The summed E-state index contributed by atoms with van der Waals surface area (Å²) >= 11 is 1.44. The molecule has 0 bridgehead atoms. The molecule has 2 aromatic rings. The number of nitrogens with zero attached hydrogens (tertiary/aromatic N) is 2. The molecule has 2 aliphatic rings. The van der Waals surface area contributed by atoms with Crippen LogP contribution >= 0.6 is 11.3 Å². The van der Waals surface area contributed by atoms with E-state index in [1.54, 1.807) is 31.5 Å². The van der Waals surface area contributed by atoms with Crippen molar-refractivity contribution < 1.29 is 14.4 Å². The van der Waals surface area contributed by atoms with E-state index in [9.17, 15) is 14.4 Å². The Morgan fingerprint density at radius 3 is 2.26 bits per heavy atom. The van der Waals surface area contributed by atoms with E-state index in [1.807, 2.05) is 23.1 Å². The van der Waals surface area contributed by atoms with E-state index in [1.165, 1.54) is 17.8 Å². The fourth-order valence-corrected chi connectivity index (χ4v) is 5.95. The molecule has 1 saturated carbocycles. The number of likely N-dealkylation sites (tertiary alicyclic amines) is 1. The normalized spacial score (nSPS) is 19.4. The number of nitrogens with one attached hydrogen (secondary N) is 2. The van der Waals surface area contributed by atoms with Gasteiger partial charge in [0.15, 0.2) is 0 Å². The van der Waals surface area contributed by atoms with Crippen molar-refractivity contribution in [2.75, 3.05) is 13.6 Å². The lowest BCUT2D eigenvalue weighted by Gasteiger charge is -2.35. The molecule has 1 aromatic carbocycles. The van der Waals surface area contributed by atoms with Crippen LogP contribution in [-0.2, 0) is 9.59 Å². The Balaban J connectivity index is 0.000000934. The van der Waals surface area contributed by atoms with Crippen LogP contribution in [0.4, 0.5) is 0 Å². The minimum absolute atomic E-state index is 0.0165. The monoisotopic (exact) mass is 540 g/mol. The Kier molecular flexibility index (Phi) is 11.5. The summed E-state index contributed by atoms with van der Waals surface area (Å²) in [4.78, 5) is 45.9. The predicted octanol–water partition coefficient (Wildman–Crippen LogP) is 5.37. The molecule has 0 spiro atoms. The first kappa shape index (κ1) is 30.0. The van der Waals surface area contributed by atoms with Crippen molar-refractivity contribution in [2.45, 2.75) is 90.8 Å². The van der Waals surface area contributed by atoms with Crippen LogP contribution in [-0.4, -0.2) is 53.2 Å². The van der Waals surface area contributed by atoms with Crippen molar-refractivity contribution in [2.24, 2.45) is 11.8 Å². The highest BCUT2D eigenvalue weighted by molar-refractivity contribution is 7.10. The van der Waals surface area contributed by atoms with Crippen molar-refractivity contribution in [3.05, 3.63) is 52.0 Å². The van der Waals surface area contributed by atoms with Gasteiger partial charge in [-0.25, -0.2) is 4.98 Å². The third-order valence-electron chi connectivity index (χ3n) is 7.12. The van der Waals surface area contributed by atoms with Crippen LogP contribution in [0.5, 0.6) is 0 Å². The molecule has 8 heteroatoms. The van der Waals surface area contributed by atoms with Gasteiger partial charge in [0.2, 0.25) is 17.6 Å². The van der Waals surface area contributed by atoms with E-state index >= 15 is 0 Å². The second-order valence-corrected chi connectivity index (χ2v) is 12.0. The van der Waals surface area contributed by atoms with Gasteiger partial charge < -0.3 is 15.5 Å². The fraction of sp³-hybridized carbons (Fsp3) is 0.600. The Bertz CT molecular complexity index is 1050. The largest absolute Gasteiger partial charge is 0.343 e. The third-order valence-corrected chi connectivity index (χ3v) is 8.07. The lowest BCUT2D eigenvalue weighted by atomic mass is 9.83. The highest BCUT2D eigenvalue weighted by Gasteiger charge is 2.40. The van der Waals surface area contributed by atoms with Crippen molar-refractivity contribution in [1.29, 1.82) is 0 Å². The Labute approximate surface area is 231 Å². The number of amides is 2. The Morgan fingerprint density at radius 1 is 0.974 bits per heavy atom. The van der Waals surface area contributed by atoms with Crippen LogP contribution < -0.4 is 10.6 Å². The zero-order chi connectivity index (χ0) is 27.7. The summed E-state index contributed by atoms with van der Waals surface area (Å²) in [5, 5.41) is 8.62. The van der Waals surface area contributed by atoms with E-state index in [2.05, 4.69) is 36.4 Å². The number of likely N-dealkylation sites (N-methyl/N-ethyl adjacent to an activating group) is 1. The Morgan fingerprint density at radius 2 is 1.63 bits per heavy atom. The summed E-state index contributed by atoms with van der Waals surface area (Å²) in [6.07, 6.45) is 6.97. The van der Waals surface area contributed by atoms with Crippen LogP contribution in [0.25, 0.3) is 0 Å². The first-order chi connectivity index (χ1) is 18.2. The number of ketones is 1. The molecule has 4 rings (SSSR count). The number of hydrogen-bond acceptors (Lipinski definition) is 6. The SMILES string of the molecule is CC(C)C.CN[C@@H](C)C(=O)N[C@H](C(=O)N1CCC[C@H]1c1nc(C(=O)c2ccccc2)cs1)C1CCCCC1. The zero-order valence-corrected chi connectivity index (χ0v) is 24.4. The fourth-order valence-electron chi connectivity index (χ4n) is 5.01. The molecule has 1 aromatic heterocycles. The van der Waals surface area contributed by atoms with E-state index in [-0.39, 0.29) is 35.6 Å². The van der Waals surface area contributed by atoms with Gasteiger partial charge in [0, 0.05) is 17.5 Å². The molecule has 0 radical (unpaired) electrons. The van der Waals surface area contributed by atoms with Crippen molar-refractivity contribution in [3.8, 4) is 0 Å². The van der Waals surface area contributed by atoms with Gasteiger partial charge >= 0.3 is 0 Å². The maximum atomic E-state index is 13.8. The van der Waals surface area contributed by atoms with Crippen molar-refractivity contribution >= 4 is 28.9 Å². The molecule has 0 unspecified atom stereocenters. The molecule has 208 valence electrons. The predicted molar refractivity (Wildman–Crippen MR) is 153 cm³/mol. The van der Waals surface area contributed by atoms with E-state index in [0.29, 0.717) is 17.8 Å². The lowest BCUT2D eigenvalue weighted by molar-refractivity contribution is -0.139. The Hall–Kier alpha value is -2.58. The van der Waals surface area contributed by atoms with Crippen LogP contribution in [0.1, 0.15) is 99.7 Å². The summed E-state index contributed by atoms with van der Waals surface area (Å²) in [5.41, 5.74) is 1.03. The minimum atomic E-state index is -0.519. The molecular weight excluding hydrogens is 496 g/mol. The van der Waals surface area contributed by atoms with Gasteiger partial charge in [-0.1, -0.05) is 70.4 Å². The number of rotatable bonds is 8. The maximum absolute atomic E-state index is 13.8. The molecule has 2 N–H and O–H groups in total. The molecule has 1 aliphatic carbocycles. The average Bonchev–Trinajstić information content (AvgIpc) is 3.61. The summed E-state index contributed by atoms with van der Waals surface area (Å²) in [7, 11) is 1.75. The molecule has 1 saturated heterocycles. The summed E-state index contributed by atoms with van der Waals surface area (Å²) in [6.45, 7) is 8.95.